The Bertz CT molecular complexity index is 476. The number of carbonyl (C=O) groups is 1. The molecule has 7 heteroatoms. The molecule has 0 aliphatic carbocycles. The Morgan fingerprint density at radius 2 is 2.17 bits per heavy atom. The summed E-state index contributed by atoms with van der Waals surface area (Å²) in [4.78, 5) is 22.6. The third kappa shape index (κ3) is 3.43. The van der Waals surface area contributed by atoms with Crippen LogP contribution in [0.2, 0.25) is 0 Å². The Morgan fingerprint density at radius 3 is 2.56 bits per heavy atom. The van der Waals surface area contributed by atoms with Gasteiger partial charge in [0.1, 0.15) is 6.54 Å². The van der Waals surface area contributed by atoms with Gasteiger partial charge in [0.2, 0.25) is 0 Å². The second-order valence-corrected chi connectivity index (χ2v) is 4.86. The number of nitro benzene ring substituents is 1. The van der Waals surface area contributed by atoms with Gasteiger partial charge in [0.15, 0.2) is 0 Å². The van der Waals surface area contributed by atoms with Crippen molar-refractivity contribution in [3.63, 3.8) is 0 Å². The number of nitro groups is 1. The maximum atomic E-state index is 10.8. The van der Waals surface area contributed by atoms with Gasteiger partial charge in [-0.1, -0.05) is 0 Å². The Morgan fingerprint density at radius 1 is 1.56 bits per heavy atom. The molecule has 1 aromatic rings. The molecule has 0 atom stereocenters. The van der Waals surface area contributed by atoms with Gasteiger partial charge in [0.25, 0.3) is 5.69 Å². The first-order valence-electron chi connectivity index (χ1n) is 5.25. The van der Waals surface area contributed by atoms with E-state index in [2.05, 4.69) is 15.9 Å². The molecule has 1 aromatic carbocycles. The molecule has 1 rings (SSSR count). The maximum Gasteiger partial charge on any atom is 0.323 e. The van der Waals surface area contributed by atoms with Gasteiger partial charge in [0.05, 0.1) is 10.6 Å². The second kappa shape index (κ2) is 5.81. The van der Waals surface area contributed by atoms with Crippen molar-refractivity contribution in [3.8, 4) is 0 Å². The molecule has 0 unspecified atom stereocenters. The number of carboxylic acids is 1. The van der Waals surface area contributed by atoms with E-state index in [0.29, 0.717) is 10.2 Å². The molecule has 0 amide bonds. The molecule has 0 bridgehead atoms. The van der Waals surface area contributed by atoms with E-state index >= 15 is 0 Å². The number of halogens is 1. The lowest BCUT2D eigenvalue weighted by molar-refractivity contribution is -0.384. The smallest absolute Gasteiger partial charge is 0.323 e. The van der Waals surface area contributed by atoms with Gasteiger partial charge in [-0.2, -0.15) is 0 Å². The zero-order chi connectivity index (χ0) is 13.9. The molecular formula is C11H13BrN2O4. The first-order chi connectivity index (χ1) is 8.32. The molecule has 0 radical (unpaired) electrons. The molecule has 0 aliphatic heterocycles. The number of carboxylic acid groups (broad SMARTS) is 1. The van der Waals surface area contributed by atoms with Gasteiger partial charge in [-0.3, -0.25) is 14.9 Å². The Hall–Kier alpha value is -1.63. The normalized spacial score (nSPS) is 10.4. The molecule has 0 heterocycles. The van der Waals surface area contributed by atoms with E-state index in [1.165, 1.54) is 12.1 Å². The first kappa shape index (κ1) is 14.4. The number of hydrogen-bond donors (Lipinski definition) is 1. The lowest BCUT2D eigenvalue weighted by atomic mass is 10.2. The molecule has 18 heavy (non-hydrogen) atoms. The largest absolute Gasteiger partial charge is 0.480 e. The number of aliphatic carboxylic acids is 1. The molecule has 0 spiro atoms. The number of anilines is 1. The summed E-state index contributed by atoms with van der Waals surface area (Å²) in [7, 11) is 0. The minimum atomic E-state index is -0.950. The number of benzene rings is 1. The van der Waals surface area contributed by atoms with Gasteiger partial charge >= 0.3 is 5.97 Å². The van der Waals surface area contributed by atoms with Crippen molar-refractivity contribution in [2.24, 2.45) is 0 Å². The Labute approximate surface area is 112 Å². The highest BCUT2D eigenvalue weighted by atomic mass is 79.9. The SMILES string of the molecule is CC(C)N(CC(=O)O)c1ccc([N+](=O)[O-])cc1Br. The standard InChI is InChI=1S/C11H13BrN2O4/c1-7(2)13(6-11(15)16)10-4-3-8(14(17)18)5-9(10)12/h3-5,7H,6H2,1-2H3,(H,15,16). The van der Waals surface area contributed by atoms with Crippen molar-refractivity contribution >= 4 is 33.3 Å². The monoisotopic (exact) mass is 316 g/mol. The molecule has 98 valence electrons. The van der Waals surface area contributed by atoms with Crippen LogP contribution in [0.15, 0.2) is 22.7 Å². The fraction of sp³-hybridized carbons (Fsp3) is 0.364. The number of rotatable bonds is 5. The van der Waals surface area contributed by atoms with Crippen LogP contribution in [0.5, 0.6) is 0 Å². The van der Waals surface area contributed by atoms with Crippen LogP contribution in [0.1, 0.15) is 13.8 Å². The lowest BCUT2D eigenvalue weighted by Crippen LogP contribution is -2.35. The van der Waals surface area contributed by atoms with Gasteiger partial charge in [-0.25, -0.2) is 0 Å². The highest BCUT2D eigenvalue weighted by Gasteiger charge is 2.18. The fourth-order valence-electron chi connectivity index (χ4n) is 1.53. The second-order valence-electron chi connectivity index (χ2n) is 4.01. The number of hydrogen-bond acceptors (Lipinski definition) is 4. The third-order valence-electron chi connectivity index (χ3n) is 2.38. The van der Waals surface area contributed by atoms with Crippen LogP contribution in [-0.2, 0) is 4.79 Å². The molecule has 0 aromatic heterocycles. The predicted octanol–water partition coefficient (Wildman–Crippen LogP) is 2.66. The van der Waals surface area contributed by atoms with Crippen molar-refractivity contribution < 1.29 is 14.8 Å². The van der Waals surface area contributed by atoms with E-state index in [4.69, 9.17) is 5.11 Å². The topological polar surface area (TPSA) is 83.7 Å². The zero-order valence-electron chi connectivity index (χ0n) is 9.96. The van der Waals surface area contributed by atoms with E-state index in [1.807, 2.05) is 13.8 Å². The first-order valence-corrected chi connectivity index (χ1v) is 6.04. The Balaban J connectivity index is 3.13. The maximum absolute atomic E-state index is 10.8. The van der Waals surface area contributed by atoms with E-state index in [0.717, 1.165) is 0 Å². The van der Waals surface area contributed by atoms with Gasteiger partial charge < -0.3 is 10.0 Å². The summed E-state index contributed by atoms with van der Waals surface area (Å²) in [6, 6.07) is 4.24. The van der Waals surface area contributed by atoms with Crippen molar-refractivity contribution in [2.45, 2.75) is 19.9 Å². The summed E-state index contributed by atoms with van der Waals surface area (Å²) in [6.45, 7) is 3.56. The van der Waals surface area contributed by atoms with Gasteiger partial charge in [-0.05, 0) is 35.8 Å². The third-order valence-corrected chi connectivity index (χ3v) is 3.02. The van der Waals surface area contributed by atoms with Gasteiger partial charge in [0, 0.05) is 22.6 Å². The van der Waals surface area contributed by atoms with E-state index < -0.39 is 10.9 Å². The van der Waals surface area contributed by atoms with E-state index in [-0.39, 0.29) is 18.3 Å². The van der Waals surface area contributed by atoms with E-state index in [1.54, 1.807) is 11.0 Å². The van der Waals surface area contributed by atoms with Crippen LogP contribution < -0.4 is 4.90 Å². The quantitative estimate of drug-likeness (QED) is 0.667. The molecule has 0 fully saturated rings. The van der Waals surface area contributed by atoms with Crippen LogP contribution in [0.4, 0.5) is 11.4 Å². The lowest BCUT2D eigenvalue weighted by Gasteiger charge is -2.28. The molecule has 6 nitrogen and oxygen atoms in total. The molecule has 0 saturated carbocycles. The summed E-state index contributed by atoms with van der Waals surface area (Å²) in [5.41, 5.74) is 0.586. The Kier molecular flexibility index (Phi) is 4.66. The van der Waals surface area contributed by atoms with Crippen molar-refractivity contribution in [1.82, 2.24) is 0 Å². The van der Waals surface area contributed by atoms with Crippen molar-refractivity contribution in [2.75, 3.05) is 11.4 Å². The van der Waals surface area contributed by atoms with Crippen molar-refractivity contribution in [1.29, 1.82) is 0 Å². The van der Waals surface area contributed by atoms with Crippen LogP contribution in [0, 0.1) is 10.1 Å². The number of nitrogens with zero attached hydrogens (tertiary/aromatic N) is 2. The average Bonchev–Trinajstić information content (AvgIpc) is 2.25. The molecule has 1 N–H and O–H groups in total. The summed E-state index contributed by atoms with van der Waals surface area (Å²) in [6.07, 6.45) is 0. The van der Waals surface area contributed by atoms with Crippen LogP contribution in [-0.4, -0.2) is 28.6 Å². The predicted molar refractivity (Wildman–Crippen MR) is 70.9 cm³/mol. The average molecular weight is 317 g/mol. The minimum absolute atomic E-state index is 0.0288. The molecule has 0 saturated heterocycles. The zero-order valence-corrected chi connectivity index (χ0v) is 11.5. The van der Waals surface area contributed by atoms with Crippen molar-refractivity contribution in [3.05, 3.63) is 32.8 Å². The number of non-ortho nitro benzene ring substituents is 1. The molecular weight excluding hydrogens is 304 g/mol. The van der Waals surface area contributed by atoms with Gasteiger partial charge in [-0.15, -0.1) is 0 Å². The summed E-state index contributed by atoms with van der Waals surface area (Å²) in [5.74, 6) is -0.950. The summed E-state index contributed by atoms with van der Waals surface area (Å²) in [5, 5.41) is 19.5. The van der Waals surface area contributed by atoms with Crippen LogP contribution in [0.3, 0.4) is 0 Å². The fourth-order valence-corrected chi connectivity index (χ4v) is 2.13. The van der Waals surface area contributed by atoms with E-state index in [9.17, 15) is 14.9 Å². The molecule has 0 aliphatic rings. The minimum Gasteiger partial charge on any atom is -0.480 e. The summed E-state index contributed by atoms with van der Waals surface area (Å²) >= 11 is 3.24. The summed E-state index contributed by atoms with van der Waals surface area (Å²) < 4.78 is 0.506. The highest BCUT2D eigenvalue weighted by Crippen LogP contribution is 2.31. The van der Waals surface area contributed by atoms with Crippen LogP contribution >= 0.6 is 15.9 Å². The van der Waals surface area contributed by atoms with Crippen LogP contribution in [0.25, 0.3) is 0 Å². The highest BCUT2D eigenvalue weighted by molar-refractivity contribution is 9.10.